The van der Waals surface area contributed by atoms with Crippen molar-refractivity contribution in [2.75, 3.05) is 52.2 Å². The molecule has 1 aliphatic rings. The van der Waals surface area contributed by atoms with E-state index in [2.05, 4.69) is 20.2 Å². The van der Waals surface area contributed by atoms with Crippen LogP contribution in [-0.2, 0) is 4.74 Å². The molecule has 3 heterocycles. The van der Waals surface area contributed by atoms with Gasteiger partial charge in [-0.05, 0) is 46.3 Å². The number of nitrogens with zero attached hydrogens (tertiary/aromatic N) is 4. The molecule has 148 valence electrons. The summed E-state index contributed by atoms with van der Waals surface area (Å²) in [5, 5.41) is 4.36. The Kier molecular flexibility index (Phi) is 6.62. The number of carbonyl (C=O) groups is 1. The van der Waals surface area contributed by atoms with E-state index in [-0.39, 0.29) is 12.0 Å². The van der Waals surface area contributed by atoms with Crippen LogP contribution in [0.3, 0.4) is 0 Å². The Hall–Kier alpha value is -1.77. The van der Waals surface area contributed by atoms with E-state index in [0.29, 0.717) is 13.1 Å². The number of aromatic nitrogens is 2. The minimum Gasteiger partial charge on any atom is -0.376 e. The summed E-state index contributed by atoms with van der Waals surface area (Å²) in [5.41, 5.74) is 0.957. The van der Waals surface area contributed by atoms with Crippen LogP contribution in [0.1, 0.15) is 35.0 Å². The molecule has 2 aromatic heterocycles. The van der Waals surface area contributed by atoms with E-state index >= 15 is 0 Å². The second kappa shape index (κ2) is 8.95. The van der Waals surface area contributed by atoms with Gasteiger partial charge in [-0.15, -0.1) is 11.3 Å². The molecule has 0 aromatic carbocycles. The van der Waals surface area contributed by atoms with Gasteiger partial charge in [0.05, 0.1) is 16.4 Å². The summed E-state index contributed by atoms with van der Waals surface area (Å²) in [7, 11) is 4.04. The third-order valence-electron chi connectivity index (χ3n) is 4.93. The lowest BCUT2D eigenvalue weighted by Crippen LogP contribution is -2.36. The molecule has 1 saturated heterocycles. The number of aryl methyl sites for hydroxylation is 1. The van der Waals surface area contributed by atoms with Gasteiger partial charge in [-0.2, -0.15) is 0 Å². The zero-order chi connectivity index (χ0) is 19.4. The summed E-state index contributed by atoms with van der Waals surface area (Å²) in [4.78, 5) is 27.5. The van der Waals surface area contributed by atoms with Crippen molar-refractivity contribution >= 4 is 33.3 Å². The first-order valence-electron chi connectivity index (χ1n) is 9.54. The number of hydrogen-bond donors (Lipinski definition) is 1. The molecule has 0 saturated carbocycles. The van der Waals surface area contributed by atoms with Gasteiger partial charge in [0.25, 0.3) is 5.91 Å². The van der Waals surface area contributed by atoms with Crippen molar-refractivity contribution in [2.45, 2.75) is 32.8 Å². The maximum absolute atomic E-state index is 13.1. The molecule has 0 unspecified atom stereocenters. The van der Waals surface area contributed by atoms with Crippen LogP contribution in [0.4, 0.5) is 5.82 Å². The standard InChI is InChI=1S/C19H29N5O2S/c1-5-24(9-8-23(3)4)19(25)16-13(2)15-17(21-12-22-18(15)27-16)20-11-14-7-6-10-26-14/h12,14H,5-11H2,1-4H3,(H,20,21,22)/t14-/m1/s1. The van der Waals surface area contributed by atoms with Crippen LogP contribution in [0, 0.1) is 6.92 Å². The van der Waals surface area contributed by atoms with Gasteiger partial charge < -0.3 is 19.9 Å². The molecule has 27 heavy (non-hydrogen) atoms. The first kappa shape index (κ1) is 20.0. The van der Waals surface area contributed by atoms with Crippen molar-refractivity contribution in [2.24, 2.45) is 0 Å². The second-order valence-electron chi connectivity index (χ2n) is 7.16. The van der Waals surface area contributed by atoms with E-state index < -0.39 is 0 Å². The molecule has 0 bridgehead atoms. The van der Waals surface area contributed by atoms with Crippen molar-refractivity contribution in [1.82, 2.24) is 19.8 Å². The lowest BCUT2D eigenvalue weighted by atomic mass is 10.2. The molecule has 0 spiro atoms. The molecule has 1 fully saturated rings. The number of hydrogen-bond acceptors (Lipinski definition) is 7. The highest BCUT2D eigenvalue weighted by Crippen LogP contribution is 2.34. The largest absolute Gasteiger partial charge is 0.376 e. The number of thiophene rings is 1. The van der Waals surface area contributed by atoms with Gasteiger partial charge in [0.15, 0.2) is 0 Å². The number of ether oxygens (including phenoxy) is 1. The zero-order valence-corrected chi connectivity index (χ0v) is 17.4. The first-order valence-corrected chi connectivity index (χ1v) is 10.4. The first-order chi connectivity index (χ1) is 13.0. The van der Waals surface area contributed by atoms with E-state index in [4.69, 9.17) is 4.74 Å². The monoisotopic (exact) mass is 391 g/mol. The lowest BCUT2D eigenvalue weighted by Gasteiger charge is -2.22. The number of likely N-dealkylation sites (N-methyl/N-ethyl adjacent to an activating group) is 2. The Morgan fingerprint density at radius 1 is 1.37 bits per heavy atom. The predicted octanol–water partition coefficient (Wildman–Crippen LogP) is 2.61. The Morgan fingerprint density at radius 2 is 2.19 bits per heavy atom. The molecular weight excluding hydrogens is 362 g/mol. The quantitative estimate of drug-likeness (QED) is 0.746. The molecule has 2 aromatic rings. The number of nitrogens with one attached hydrogen (secondary N) is 1. The molecule has 1 atom stereocenters. The fraction of sp³-hybridized carbons (Fsp3) is 0.632. The highest BCUT2D eigenvalue weighted by atomic mass is 32.1. The molecule has 0 aliphatic carbocycles. The SMILES string of the molecule is CCN(CCN(C)C)C(=O)c1sc2ncnc(NC[C@H]3CCCO3)c2c1C. The lowest BCUT2D eigenvalue weighted by molar-refractivity contribution is 0.0758. The third kappa shape index (κ3) is 4.56. The van der Waals surface area contributed by atoms with Crippen molar-refractivity contribution in [3.63, 3.8) is 0 Å². The van der Waals surface area contributed by atoms with Crippen LogP contribution in [0.25, 0.3) is 10.2 Å². The zero-order valence-electron chi connectivity index (χ0n) is 16.6. The van der Waals surface area contributed by atoms with Crippen LogP contribution in [0.5, 0.6) is 0 Å². The highest BCUT2D eigenvalue weighted by Gasteiger charge is 2.23. The Labute approximate surface area is 164 Å². The number of amides is 1. The smallest absolute Gasteiger partial charge is 0.264 e. The van der Waals surface area contributed by atoms with Gasteiger partial charge in [-0.3, -0.25) is 4.79 Å². The number of carbonyl (C=O) groups excluding carboxylic acids is 1. The Bertz CT molecular complexity index is 786. The Morgan fingerprint density at radius 3 is 2.85 bits per heavy atom. The number of rotatable bonds is 8. The van der Waals surface area contributed by atoms with E-state index in [1.807, 2.05) is 32.8 Å². The van der Waals surface area contributed by atoms with Gasteiger partial charge in [0.1, 0.15) is 17.0 Å². The summed E-state index contributed by atoms with van der Waals surface area (Å²) in [5.74, 6) is 0.865. The van der Waals surface area contributed by atoms with Gasteiger partial charge >= 0.3 is 0 Å². The van der Waals surface area contributed by atoms with Gasteiger partial charge in [-0.1, -0.05) is 0 Å². The highest BCUT2D eigenvalue weighted by molar-refractivity contribution is 7.20. The van der Waals surface area contributed by atoms with Crippen LogP contribution >= 0.6 is 11.3 Å². The van der Waals surface area contributed by atoms with Gasteiger partial charge in [-0.25, -0.2) is 9.97 Å². The average molecular weight is 392 g/mol. The van der Waals surface area contributed by atoms with Crippen molar-refractivity contribution in [1.29, 1.82) is 0 Å². The number of anilines is 1. The summed E-state index contributed by atoms with van der Waals surface area (Å²) < 4.78 is 5.68. The molecule has 1 N–H and O–H groups in total. The topological polar surface area (TPSA) is 70.6 Å². The van der Waals surface area contributed by atoms with E-state index in [0.717, 1.165) is 59.0 Å². The van der Waals surface area contributed by atoms with E-state index in [9.17, 15) is 4.79 Å². The van der Waals surface area contributed by atoms with E-state index in [1.165, 1.54) is 11.3 Å². The molecule has 1 amide bonds. The summed E-state index contributed by atoms with van der Waals surface area (Å²) in [6, 6.07) is 0. The molecule has 0 radical (unpaired) electrons. The molecule has 3 rings (SSSR count). The molecule has 7 nitrogen and oxygen atoms in total. The van der Waals surface area contributed by atoms with Crippen molar-refractivity contribution in [3.8, 4) is 0 Å². The van der Waals surface area contributed by atoms with Crippen LogP contribution in [0.15, 0.2) is 6.33 Å². The van der Waals surface area contributed by atoms with Crippen LogP contribution in [-0.4, -0.2) is 78.7 Å². The maximum atomic E-state index is 13.1. The van der Waals surface area contributed by atoms with Crippen molar-refractivity contribution < 1.29 is 9.53 Å². The maximum Gasteiger partial charge on any atom is 0.264 e. The minimum absolute atomic E-state index is 0.0740. The predicted molar refractivity (Wildman–Crippen MR) is 110 cm³/mol. The Balaban J connectivity index is 1.83. The minimum atomic E-state index is 0.0740. The molecular formula is C19H29N5O2S. The average Bonchev–Trinajstić information content (AvgIpc) is 3.28. The second-order valence-corrected chi connectivity index (χ2v) is 8.16. The van der Waals surface area contributed by atoms with E-state index in [1.54, 1.807) is 6.33 Å². The summed E-state index contributed by atoms with van der Waals surface area (Å²) >= 11 is 1.46. The van der Waals surface area contributed by atoms with Gasteiger partial charge in [0.2, 0.25) is 0 Å². The normalized spacial score (nSPS) is 17.0. The summed E-state index contributed by atoms with van der Waals surface area (Å²) in [6.45, 7) is 7.83. The third-order valence-corrected chi connectivity index (χ3v) is 6.12. The summed E-state index contributed by atoms with van der Waals surface area (Å²) in [6.07, 6.45) is 3.98. The number of fused-ring (bicyclic) bond motifs is 1. The fourth-order valence-electron chi connectivity index (χ4n) is 3.29. The molecule has 8 heteroatoms. The van der Waals surface area contributed by atoms with Crippen LogP contribution in [0.2, 0.25) is 0 Å². The molecule has 1 aliphatic heterocycles. The van der Waals surface area contributed by atoms with Gasteiger partial charge in [0, 0.05) is 32.8 Å². The fourth-order valence-corrected chi connectivity index (χ4v) is 4.41. The van der Waals surface area contributed by atoms with Crippen LogP contribution < -0.4 is 5.32 Å². The van der Waals surface area contributed by atoms with Crippen molar-refractivity contribution in [3.05, 3.63) is 16.8 Å².